The number of esters is 1. The third-order valence-corrected chi connectivity index (χ3v) is 8.66. The zero-order valence-electron chi connectivity index (χ0n) is 15.2. The number of carbonyl (C=O) groups excluding carboxylic acids is 1. The van der Waals surface area contributed by atoms with E-state index < -0.39 is 20.7 Å². The van der Waals surface area contributed by atoms with Crippen molar-refractivity contribution in [2.45, 2.75) is 67.4 Å². The summed E-state index contributed by atoms with van der Waals surface area (Å²) in [4.78, 5) is 14.7. The minimum absolute atomic E-state index is 0.0416. The maximum Gasteiger partial charge on any atom is 0.331 e. The normalized spacial score (nSPS) is 35.1. The first kappa shape index (κ1) is 17.7. The predicted octanol–water partition coefficient (Wildman–Crippen LogP) is 2.72. The third kappa shape index (κ3) is 2.62. The van der Waals surface area contributed by atoms with Crippen LogP contribution in [0.1, 0.15) is 39.5 Å². The Bertz CT molecular complexity index is 848. The molecule has 3 heterocycles. The molecule has 4 rings (SSSR count). The van der Waals surface area contributed by atoms with Crippen LogP contribution in [0.4, 0.5) is 0 Å². The number of piperidine rings is 1. The molecule has 5 nitrogen and oxygen atoms in total. The van der Waals surface area contributed by atoms with Crippen LogP contribution in [0.3, 0.4) is 0 Å². The standard InChI is InChI=1S/C20H25NO4S/c1-14-17(26(23,24)16-8-4-3-5-9-16)12-15-13-19(22)25-20(15,2)18-10-6-7-11-21(14)18/h3-5,8-9,13-14,17-18H,6-7,10-12H2,1-2H3/t14-,17?,18+,20-/m0/s1. The van der Waals surface area contributed by atoms with Gasteiger partial charge in [-0.2, -0.15) is 0 Å². The largest absolute Gasteiger partial charge is 0.450 e. The molecule has 140 valence electrons. The minimum atomic E-state index is -3.52. The van der Waals surface area contributed by atoms with E-state index in [1.807, 2.05) is 19.9 Å². The SMILES string of the molecule is C[C@H]1C(S(=O)(=O)c2ccccc2)CC2=CC(=O)O[C@]2(C)[C@H]2CCCCN12. The first-order valence-corrected chi connectivity index (χ1v) is 10.9. The Morgan fingerprint density at radius 3 is 2.65 bits per heavy atom. The van der Waals surface area contributed by atoms with Gasteiger partial charge in [-0.1, -0.05) is 24.6 Å². The zero-order valence-corrected chi connectivity index (χ0v) is 16.0. The van der Waals surface area contributed by atoms with E-state index in [9.17, 15) is 13.2 Å². The summed E-state index contributed by atoms with van der Waals surface area (Å²) in [5.74, 6) is -0.349. The molecule has 2 fully saturated rings. The highest BCUT2D eigenvalue weighted by atomic mass is 32.2. The molecule has 1 aromatic carbocycles. The molecule has 0 saturated carbocycles. The van der Waals surface area contributed by atoms with Gasteiger partial charge >= 0.3 is 5.97 Å². The lowest BCUT2D eigenvalue weighted by Crippen LogP contribution is -2.57. The summed E-state index contributed by atoms with van der Waals surface area (Å²) in [6, 6.07) is 8.55. The van der Waals surface area contributed by atoms with Crippen LogP contribution in [-0.4, -0.2) is 48.8 Å². The van der Waals surface area contributed by atoms with Crippen molar-refractivity contribution in [3.8, 4) is 0 Å². The van der Waals surface area contributed by atoms with E-state index in [2.05, 4.69) is 4.90 Å². The predicted molar refractivity (Wildman–Crippen MR) is 98.4 cm³/mol. The Hall–Kier alpha value is -1.66. The van der Waals surface area contributed by atoms with Gasteiger partial charge in [-0.15, -0.1) is 0 Å². The molecule has 0 radical (unpaired) electrons. The van der Waals surface area contributed by atoms with E-state index in [1.165, 1.54) is 6.08 Å². The van der Waals surface area contributed by atoms with Crippen LogP contribution in [0.15, 0.2) is 46.9 Å². The van der Waals surface area contributed by atoms with Crippen molar-refractivity contribution >= 4 is 15.8 Å². The quantitative estimate of drug-likeness (QED) is 0.744. The molecule has 0 spiro atoms. The summed E-state index contributed by atoms with van der Waals surface area (Å²) < 4.78 is 32.6. The first-order chi connectivity index (χ1) is 12.3. The summed E-state index contributed by atoms with van der Waals surface area (Å²) in [6.45, 7) is 4.81. The summed E-state index contributed by atoms with van der Waals surface area (Å²) in [6.07, 6.45) is 4.90. The molecule has 0 N–H and O–H groups in total. The summed E-state index contributed by atoms with van der Waals surface area (Å²) in [5, 5.41) is -0.590. The molecular formula is C20H25NO4S. The number of rotatable bonds is 2. The zero-order chi connectivity index (χ0) is 18.5. The lowest BCUT2D eigenvalue weighted by Gasteiger charge is -2.45. The van der Waals surface area contributed by atoms with Crippen LogP contribution in [0.2, 0.25) is 0 Å². The Balaban J connectivity index is 1.81. The van der Waals surface area contributed by atoms with E-state index in [1.54, 1.807) is 24.3 Å². The molecule has 26 heavy (non-hydrogen) atoms. The monoisotopic (exact) mass is 375 g/mol. The smallest absolute Gasteiger partial charge is 0.331 e. The average Bonchev–Trinajstić information content (AvgIpc) is 2.89. The second-order valence-electron chi connectivity index (χ2n) is 7.79. The van der Waals surface area contributed by atoms with Gasteiger partial charge in [0.25, 0.3) is 0 Å². The van der Waals surface area contributed by atoms with Gasteiger partial charge in [0, 0.05) is 12.1 Å². The number of benzene rings is 1. The van der Waals surface area contributed by atoms with Gasteiger partial charge in [0.1, 0.15) is 5.60 Å². The van der Waals surface area contributed by atoms with E-state index >= 15 is 0 Å². The molecule has 2 saturated heterocycles. The second-order valence-corrected chi connectivity index (χ2v) is 9.96. The third-order valence-electron chi connectivity index (χ3n) is 6.37. The Morgan fingerprint density at radius 2 is 1.92 bits per heavy atom. The lowest BCUT2D eigenvalue weighted by molar-refractivity contribution is -0.151. The van der Waals surface area contributed by atoms with Crippen LogP contribution in [0.25, 0.3) is 0 Å². The van der Waals surface area contributed by atoms with Crippen molar-refractivity contribution in [2.24, 2.45) is 0 Å². The fourth-order valence-electron chi connectivity index (χ4n) is 4.92. The molecule has 1 unspecified atom stereocenters. The maximum absolute atomic E-state index is 13.4. The summed E-state index contributed by atoms with van der Waals surface area (Å²) in [7, 11) is -3.52. The van der Waals surface area contributed by atoms with Gasteiger partial charge < -0.3 is 4.74 Å². The Kier molecular flexibility index (Phi) is 4.23. The summed E-state index contributed by atoms with van der Waals surface area (Å²) >= 11 is 0. The lowest BCUT2D eigenvalue weighted by atomic mass is 9.83. The molecule has 3 aliphatic heterocycles. The van der Waals surface area contributed by atoms with Gasteiger partial charge in [-0.25, -0.2) is 13.2 Å². The number of nitrogens with zero attached hydrogens (tertiary/aromatic N) is 1. The number of carbonyl (C=O) groups is 1. The van der Waals surface area contributed by atoms with Crippen LogP contribution in [0, 0.1) is 0 Å². The molecule has 0 amide bonds. The van der Waals surface area contributed by atoms with Crippen LogP contribution < -0.4 is 0 Å². The van der Waals surface area contributed by atoms with Crippen LogP contribution in [0.5, 0.6) is 0 Å². The van der Waals surface area contributed by atoms with Crippen molar-refractivity contribution in [3.05, 3.63) is 42.0 Å². The van der Waals surface area contributed by atoms with Crippen LogP contribution in [-0.2, 0) is 19.4 Å². The first-order valence-electron chi connectivity index (χ1n) is 9.33. The minimum Gasteiger partial charge on any atom is -0.450 e. The summed E-state index contributed by atoms with van der Waals surface area (Å²) in [5.41, 5.74) is 0.112. The average molecular weight is 375 g/mol. The Labute approximate surface area is 154 Å². The highest BCUT2D eigenvalue weighted by Gasteiger charge is 2.55. The van der Waals surface area contributed by atoms with E-state index in [4.69, 9.17) is 4.74 Å². The number of ether oxygens (including phenoxy) is 1. The van der Waals surface area contributed by atoms with Gasteiger partial charge in [0.15, 0.2) is 9.84 Å². The topological polar surface area (TPSA) is 63.7 Å². The molecule has 6 heteroatoms. The van der Waals surface area contributed by atoms with Crippen molar-refractivity contribution in [1.82, 2.24) is 4.90 Å². The van der Waals surface area contributed by atoms with Crippen molar-refractivity contribution < 1.29 is 17.9 Å². The number of sulfone groups is 1. The molecular weight excluding hydrogens is 350 g/mol. The van der Waals surface area contributed by atoms with Crippen LogP contribution >= 0.6 is 0 Å². The Morgan fingerprint density at radius 1 is 1.19 bits per heavy atom. The van der Waals surface area contributed by atoms with Gasteiger partial charge in [-0.3, -0.25) is 4.90 Å². The molecule has 1 aromatic rings. The van der Waals surface area contributed by atoms with Crippen molar-refractivity contribution in [2.75, 3.05) is 6.54 Å². The van der Waals surface area contributed by atoms with Gasteiger partial charge in [0.2, 0.25) is 0 Å². The fourth-order valence-corrected chi connectivity index (χ4v) is 6.88. The van der Waals surface area contributed by atoms with Gasteiger partial charge in [0.05, 0.1) is 16.2 Å². The van der Waals surface area contributed by atoms with Crippen molar-refractivity contribution in [3.63, 3.8) is 0 Å². The number of hydrogen-bond donors (Lipinski definition) is 0. The maximum atomic E-state index is 13.4. The molecule has 3 aliphatic rings. The van der Waals surface area contributed by atoms with E-state index in [-0.39, 0.29) is 18.1 Å². The highest BCUT2D eigenvalue weighted by Crippen LogP contribution is 2.45. The van der Waals surface area contributed by atoms with Crippen molar-refractivity contribution in [1.29, 1.82) is 0 Å². The number of hydrogen-bond acceptors (Lipinski definition) is 5. The molecule has 0 aliphatic carbocycles. The highest BCUT2D eigenvalue weighted by molar-refractivity contribution is 7.92. The fraction of sp³-hybridized carbons (Fsp3) is 0.550. The van der Waals surface area contributed by atoms with E-state index in [0.29, 0.717) is 11.3 Å². The van der Waals surface area contributed by atoms with E-state index in [0.717, 1.165) is 31.4 Å². The molecule has 0 bridgehead atoms. The molecule has 0 aromatic heterocycles. The number of fused-ring (bicyclic) bond motifs is 3. The molecule has 4 atom stereocenters. The van der Waals surface area contributed by atoms with Gasteiger partial charge in [-0.05, 0) is 57.4 Å². The second kappa shape index (κ2) is 6.20.